The van der Waals surface area contributed by atoms with Gasteiger partial charge in [-0.1, -0.05) is 12.0 Å². The Morgan fingerprint density at radius 1 is 1.13 bits per heavy atom. The average Bonchev–Trinajstić information content (AvgIpc) is 3.44. The summed E-state index contributed by atoms with van der Waals surface area (Å²) in [5.74, 6) is 4.53. The topological polar surface area (TPSA) is 88.2 Å². The fourth-order valence-corrected chi connectivity index (χ4v) is 5.28. The van der Waals surface area contributed by atoms with Crippen molar-refractivity contribution in [3.63, 3.8) is 0 Å². The fourth-order valence-electron chi connectivity index (χ4n) is 5.28. The molecule has 7 rings (SSSR count). The average molecular weight is 511 g/mol. The van der Waals surface area contributed by atoms with Crippen molar-refractivity contribution < 1.29 is 14.6 Å². The zero-order chi connectivity index (χ0) is 26.3. The summed E-state index contributed by atoms with van der Waals surface area (Å²) < 4.78 is 12.7. The second-order valence-corrected chi connectivity index (χ2v) is 10.2. The lowest BCUT2D eigenvalue weighted by atomic mass is 9.87. The molecular formula is C29H30N6O3. The van der Waals surface area contributed by atoms with E-state index in [1.165, 1.54) is 12.0 Å². The molecule has 7 heterocycles. The minimum Gasteiger partial charge on any atom is -0.488 e. The Labute approximate surface area is 221 Å². The third kappa shape index (κ3) is 4.64. The normalized spacial score (nSPS) is 20.4. The molecule has 2 unspecified atom stereocenters. The first-order valence-electron chi connectivity index (χ1n) is 12.7. The SMILES string of the molecule is C#C[C@@](C)(O)COc1cc(-c2ccc(N3CC4CC(C3)N4Cc3ccc(OC)nc3)nc2)c2ccnn2c1. The van der Waals surface area contributed by atoms with Gasteiger partial charge in [-0.3, -0.25) is 4.90 Å². The van der Waals surface area contributed by atoms with Crippen LogP contribution in [0.4, 0.5) is 5.82 Å². The van der Waals surface area contributed by atoms with Gasteiger partial charge in [-0.25, -0.2) is 14.5 Å². The summed E-state index contributed by atoms with van der Waals surface area (Å²) in [4.78, 5) is 14.1. The number of nitrogens with zero attached hydrogens (tertiary/aromatic N) is 6. The Morgan fingerprint density at radius 2 is 1.97 bits per heavy atom. The first-order chi connectivity index (χ1) is 18.4. The predicted octanol–water partition coefficient (Wildman–Crippen LogP) is 3.03. The quantitative estimate of drug-likeness (QED) is 0.362. The van der Waals surface area contributed by atoms with Gasteiger partial charge < -0.3 is 19.5 Å². The minimum atomic E-state index is -1.35. The van der Waals surface area contributed by atoms with Crippen molar-refractivity contribution in [3.8, 4) is 35.1 Å². The van der Waals surface area contributed by atoms with Crippen LogP contribution in [0.2, 0.25) is 0 Å². The van der Waals surface area contributed by atoms with Crippen molar-refractivity contribution in [2.24, 2.45) is 0 Å². The smallest absolute Gasteiger partial charge is 0.212 e. The molecule has 2 bridgehead atoms. The number of anilines is 1. The standard InChI is InChI=1S/C29H30N6O3/c1-4-29(2,36)19-38-24-12-25(26-9-10-32-35(26)18-24)21-6-7-27(30-14-21)33-16-22-11-23(17-33)34(22)15-20-5-8-28(37-3)31-13-20/h1,5-10,12-14,18,22-23,36H,11,15-17,19H2,2-3H3/t22?,23?,29-/m1/s1. The van der Waals surface area contributed by atoms with E-state index in [-0.39, 0.29) is 6.61 Å². The van der Waals surface area contributed by atoms with Gasteiger partial charge in [-0.15, -0.1) is 6.42 Å². The van der Waals surface area contributed by atoms with E-state index in [1.807, 2.05) is 30.6 Å². The predicted molar refractivity (Wildman–Crippen MR) is 144 cm³/mol. The molecule has 3 fully saturated rings. The fraction of sp³-hybridized carbons (Fsp3) is 0.345. The van der Waals surface area contributed by atoms with Crippen LogP contribution in [0.25, 0.3) is 16.6 Å². The lowest BCUT2D eigenvalue weighted by Crippen LogP contribution is -2.68. The molecule has 0 amide bonds. The Morgan fingerprint density at radius 3 is 2.66 bits per heavy atom. The molecule has 9 nitrogen and oxygen atoms in total. The number of piperidine rings is 1. The number of rotatable bonds is 8. The highest BCUT2D eigenvalue weighted by Crippen LogP contribution is 2.36. The Hall–Kier alpha value is -4.13. The van der Waals surface area contributed by atoms with E-state index < -0.39 is 5.60 Å². The van der Waals surface area contributed by atoms with Gasteiger partial charge in [0, 0.05) is 61.3 Å². The lowest BCUT2D eigenvalue weighted by Gasteiger charge is -2.56. The molecule has 3 aliphatic heterocycles. The molecule has 0 aliphatic carbocycles. The molecule has 194 valence electrons. The van der Waals surface area contributed by atoms with Gasteiger partial charge in [-0.2, -0.15) is 5.10 Å². The molecule has 0 saturated carbocycles. The van der Waals surface area contributed by atoms with Crippen molar-refractivity contribution in [1.29, 1.82) is 0 Å². The van der Waals surface area contributed by atoms with Crippen LogP contribution in [-0.2, 0) is 6.54 Å². The maximum Gasteiger partial charge on any atom is 0.212 e. The number of aliphatic hydroxyl groups is 1. The van der Waals surface area contributed by atoms with E-state index in [1.54, 1.807) is 30.9 Å². The van der Waals surface area contributed by atoms with Crippen molar-refractivity contribution in [1.82, 2.24) is 24.5 Å². The van der Waals surface area contributed by atoms with Crippen LogP contribution in [0.3, 0.4) is 0 Å². The van der Waals surface area contributed by atoms with E-state index in [0.29, 0.717) is 23.7 Å². The Kier molecular flexibility index (Phi) is 6.14. The van der Waals surface area contributed by atoms with E-state index in [4.69, 9.17) is 20.9 Å². The molecule has 3 atom stereocenters. The maximum atomic E-state index is 10.1. The van der Waals surface area contributed by atoms with E-state index in [9.17, 15) is 5.11 Å². The van der Waals surface area contributed by atoms with Crippen LogP contribution >= 0.6 is 0 Å². The van der Waals surface area contributed by atoms with Gasteiger partial charge in [0.05, 0.1) is 25.0 Å². The van der Waals surface area contributed by atoms with E-state index in [0.717, 1.165) is 42.1 Å². The van der Waals surface area contributed by atoms with Crippen LogP contribution in [0, 0.1) is 12.3 Å². The highest BCUT2D eigenvalue weighted by atomic mass is 16.5. The van der Waals surface area contributed by atoms with Crippen molar-refractivity contribution >= 4 is 11.3 Å². The number of piperazine rings is 1. The number of ether oxygens (including phenoxy) is 2. The van der Waals surface area contributed by atoms with E-state index >= 15 is 0 Å². The second-order valence-electron chi connectivity index (χ2n) is 10.2. The summed E-state index contributed by atoms with van der Waals surface area (Å²) in [6, 6.07) is 13.1. The summed E-state index contributed by atoms with van der Waals surface area (Å²) in [6.07, 6.45) is 13.9. The van der Waals surface area contributed by atoms with Gasteiger partial charge in [0.1, 0.15) is 18.2 Å². The zero-order valence-electron chi connectivity index (χ0n) is 21.5. The monoisotopic (exact) mass is 510 g/mol. The summed E-state index contributed by atoms with van der Waals surface area (Å²) in [6.45, 7) is 4.35. The number of hydrogen-bond donors (Lipinski definition) is 1. The molecule has 38 heavy (non-hydrogen) atoms. The van der Waals surface area contributed by atoms with Gasteiger partial charge in [0.15, 0.2) is 5.60 Å². The van der Waals surface area contributed by atoms with Crippen LogP contribution < -0.4 is 14.4 Å². The largest absolute Gasteiger partial charge is 0.488 e. The Bertz CT molecular complexity index is 1460. The van der Waals surface area contributed by atoms with E-state index in [2.05, 4.69) is 44.0 Å². The summed E-state index contributed by atoms with van der Waals surface area (Å²) in [5.41, 5.74) is 2.71. The lowest BCUT2D eigenvalue weighted by molar-refractivity contribution is -0.00876. The van der Waals surface area contributed by atoms with Crippen molar-refractivity contribution in [2.45, 2.75) is 37.6 Å². The van der Waals surface area contributed by atoms with Crippen LogP contribution in [0.5, 0.6) is 11.6 Å². The molecule has 1 N–H and O–H groups in total. The number of fused-ring (bicyclic) bond motifs is 3. The first-order valence-corrected chi connectivity index (χ1v) is 12.7. The van der Waals surface area contributed by atoms with Gasteiger partial charge >= 0.3 is 0 Å². The second kappa shape index (κ2) is 9.63. The molecule has 0 spiro atoms. The number of pyridine rings is 3. The van der Waals surface area contributed by atoms with Gasteiger partial charge in [-0.05, 0) is 43.2 Å². The van der Waals surface area contributed by atoms with Crippen molar-refractivity contribution in [2.75, 3.05) is 31.7 Å². The summed E-state index contributed by atoms with van der Waals surface area (Å²) in [7, 11) is 1.63. The van der Waals surface area contributed by atoms with Gasteiger partial charge in [0.25, 0.3) is 0 Å². The number of terminal acetylenes is 1. The number of hydrogen-bond acceptors (Lipinski definition) is 8. The molecule has 4 aromatic rings. The Balaban J connectivity index is 1.15. The third-order valence-electron chi connectivity index (χ3n) is 7.41. The zero-order valence-corrected chi connectivity index (χ0v) is 21.5. The van der Waals surface area contributed by atoms with Crippen molar-refractivity contribution in [3.05, 3.63) is 66.7 Å². The number of aromatic nitrogens is 4. The maximum absolute atomic E-state index is 10.1. The molecule has 4 aromatic heterocycles. The highest BCUT2D eigenvalue weighted by molar-refractivity contribution is 5.81. The molecule has 3 aliphatic rings. The first kappa shape index (κ1) is 24.2. The molecule has 3 saturated heterocycles. The van der Waals surface area contributed by atoms with Crippen LogP contribution in [0.15, 0.2) is 61.2 Å². The molecular weight excluding hydrogens is 480 g/mol. The third-order valence-corrected chi connectivity index (χ3v) is 7.41. The summed E-state index contributed by atoms with van der Waals surface area (Å²) >= 11 is 0. The minimum absolute atomic E-state index is 0.0177. The van der Waals surface area contributed by atoms with Crippen LogP contribution in [-0.4, -0.2) is 74.1 Å². The highest BCUT2D eigenvalue weighted by Gasteiger charge is 2.44. The van der Waals surface area contributed by atoms with Gasteiger partial charge in [0.2, 0.25) is 5.88 Å². The summed E-state index contributed by atoms with van der Waals surface area (Å²) in [5, 5.41) is 14.5. The number of methoxy groups -OCH3 is 1. The molecule has 0 aromatic carbocycles. The molecule has 9 heteroatoms. The molecule has 0 radical (unpaired) electrons. The van der Waals surface area contributed by atoms with Crippen LogP contribution in [0.1, 0.15) is 18.9 Å².